The molecule has 0 aliphatic rings. The van der Waals surface area contributed by atoms with E-state index in [9.17, 15) is 9.50 Å². The van der Waals surface area contributed by atoms with Crippen molar-refractivity contribution in [3.63, 3.8) is 0 Å². The van der Waals surface area contributed by atoms with E-state index in [4.69, 9.17) is 0 Å². The maximum atomic E-state index is 13.6. The molecule has 0 radical (unpaired) electrons. The molecule has 0 saturated carbocycles. The van der Waals surface area contributed by atoms with Gasteiger partial charge >= 0.3 is 0 Å². The Morgan fingerprint density at radius 1 is 1.00 bits per heavy atom. The second-order valence-corrected chi connectivity index (χ2v) is 4.41. The number of nitrogens with zero attached hydrogens (tertiary/aromatic N) is 1. The lowest BCUT2D eigenvalue weighted by Gasteiger charge is -2.15. The topological polar surface area (TPSA) is 23.5 Å². The Labute approximate surface area is 106 Å². The van der Waals surface area contributed by atoms with Crippen LogP contribution < -0.4 is 4.90 Å². The summed E-state index contributed by atoms with van der Waals surface area (Å²) in [5.41, 5.74) is 2.03. The highest BCUT2D eigenvalue weighted by Crippen LogP contribution is 2.25. The molecule has 0 saturated heterocycles. The van der Waals surface area contributed by atoms with E-state index in [1.54, 1.807) is 18.2 Å². The van der Waals surface area contributed by atoms with Gasteiger partial charge in [-0.1, -0.05) is 30.3 Å². The maximum Gasteiger partial charge on any atom is 0.129 e. The molecular weight excluding hydrogens is 229 g/mol. The van der Waals surface area contributed by atoms with Crippen molar-refractivity contribution < 1.29 is 9.50 Å². The minimum Gasteiger partial charge on any atom is -0.384 e. The van der Waals surface area contributed by atoms with Crippen LogP contribution in [0.5, 0.6) is 0 Å². The second kappa shape index (κ2) is 5.19. The fourth-order valence-corrected chi connectivity index (χ4v) is 1.83. The number of aliphatic hydroxyl groups is 1. The third kappa shape index (κ3) is 2.51. The van der Waals surface area contributed by atoms with Gasteiger partial charge in [0.2, 0.25) is 0 Å². The van der Waals surface area contributed by atoms with Crippen molar-refractivity contribution in [1.29, 1.82) is 0 Å². The molecule has 18 heavy (non-hydrogen) atoms. The van der Waals surface area contributed by atoms with Gasteiger partial charge in [-0.2, -0.15) is 0 Å². The van der Waals surface area contributed by atoms with E-state index in [1.165, 1.54) is 6.07 Å². The van der Waals surface area contributed by atoms with Gasteiger partial charge in [-0.25, -0.2) is 4.39 Å². The zero-order valence-corrected chi connectivity index (χ0v) is 10.5. The standard InChI is InChI=1S/C15H16FNO/c1-17(2)12-9-7-11(8-10-12)15(18)13-5-3-4-6-14(13)16/h3-10,15,18H,1-2H3. The highest BCUT2D eigenvalue weighted by molar-refractivity contribution is 5.47. The monoisotopic (exact) mass is 245 g/mol. The SMILES string of the molecule is CN(C)c1ccc(C(O)c2ccccc2F)cc1. The Bertz CT molecular complexity index is 522. The smallest absolute Gasteiger partial charge is 0.129 e. The lowest BCUT2D eigenvalue weighted by atomic mass is 10.0. The van der Waals surface area contributed by atoms with E-state index in [2.05, 4.69) is 0 Å². The van der Waals surface area contributed by atoms with Gasteiger partial charge in [-0.05, 0) is 23.8 Å². The Morgan fingerprint density at radius 3 is 2.17 bits per heavy atom. The number of benzene rings is 2. The largest absolute Gasteiger partial charge is 0.384 e. The molecule has 0 aromatic heterocycles. The number of halogens is 1. The highest BCUT2D eigenvalue weighted by Gasteiger charge is 2.14. The Kier molecular flexibility index (Phi) is 3.63. The molecule has 2 aromatic rings. The average molecular weight is 245 g/mol. The minimum absolute atomic E-state index is 0.301. The molecule has 0 amide bonds. The van der Waals surface area contributed by atoms with Crippen LogP contribution in [0.4, 0.5) is 10.1 Å². The van der Waals surface area contributed by atoms with Crippen LogP contribution in [0.3, 0.4) is 0 Å². The van der Waals surface area contributed by atoms with E-state index in [-0.39, 0.29) is 5.82 Å². The predicted octanol–water partition coefficient (Wildman–Crippen LogP) is 2.97. The number of hydrogen-bond donors (Lipinski definition) is 1. The molecule has 1 unspecified atom stereocenters. The Hall–Kier alpha value is -1.87. The fraction of sp³-hybridized carbons (Fsp3) is 0.200. The third-order valence-electron chi connectivity index (χ3n) is 2.93. The third-order valence-corrected chi connectivity index (χ3v) is 2.93. The van der Waals surface area contributed by atoms with Crippen molar-refractivity contribution in [3.8, 4) is 0 Å². The van der Waals surface area contributed by atoms with E-state index in [1.807, 2.05) is 43.3 Å². The molecule has 0 aliphatic heterocycles. The fourth-order valence-electron chi connectivity index (χ4n) is 1.83. The molecule has 0 fully saturated rings. The first kappa shape index (κ1) is 12.6. The molecule has 0 heterocycles. The van der Waals surface area contributed by atoms with Crippen LogP contribution in [0.15, 0.2) is 48.5 Å². The Morgan fingerprint density at radius 2 is 1.61 bits per heavy atom. The molecular formula is C15H16FNO. The summed E-state index contributed by atoms with van der Waals surface area (Å²) >= 11 is 0. The van der Waals surface area contributed by atoms with Gasteiger partial charge in [0, 0.05) is 25.3 Å². The van der Waals surface area contributed by atoms with Crippen LogP contribution in [0.25, 0.3) is 0 Å². The van der Waals surface area contributed by atoms with Gasteiger partial charge in [0.15, 0.2) is 0 Å². The molecule has 0 aliphatic carbocycles. The summed E-state index contributed by atoms with van der Waals surface area (Å²) in [6, 6.07) is 13.7. The molecule has 3 heteroatoms. The quantitative estimate of drug-likeness (QED) is 0.898. The summed E-state index contributed by atoms with van der Waals surface area (Å²) < 4.78 is 13.6. The first-order valence-electron chi connectivity index (χ1n) is 5.79. The summed E-state index contributed by atoms with van der Waals surface area (Å²) in [6.45, 7) is 0. The van der Waals surface area contributed by atoms with E-state index in [0.717, 1.165) is 5.69 Å². The Balaban J connectivity index is 2.29. The number of hydrogen-bond acceptors (Lipinski definition) is 2. The van der Waals surface area contributed by atoms with Gasteiger partial charge in [0.1, 0.15) is 11.9 Å². The highest BCUT2D eigenvalue weighted by atomic mass is 19.1. The van der Waals surface area contributed by atoms with Crippen LogP contribution in [0.1, 0.15) is 17.2 Å². The number of rotatable bonds is 3. The molecule has 0 spiro atoms. The number of anilines is 1. The summed E-state index contributed by atoms with van der Waals surface area (Å²) in [5.74, 6) is -0.387. The molecule has 2 rings (SSSR count). The second-order valence-electron chi connectivity index (χ2n) is 4.41. The minimum atomic E-state index is -0.928. The van der Waals surface area contributed by atoms with Crippen LogP contribution in [-0.2, 0) is 0 Å². The molecule has 2 nitrogen and oxygen atoms in total. The van der Waals surface area contributed by atoms with Crippen molar-refractivity contribution in [1.82, 2.24) is 0 Å². The molecule has 94 valence electrons. The van der Waals surface area contributed by atoms with Gasteiger partial charge in [-0.15, -0.1) is 0 Å². The van der Waals surface area contributed by atoms with Crippen LogP contribution in [-0.4, -0.2) is 19.2 Å². The normalized spacial score (nSPS) is 12.2. The first-order chi connectivity index (χ1) is 8.59. The zero-order valence-electron chi connectivity index (χ0n) is 10.5. The molecule has 1 N–H and O–H groups in total. The first-order valence-corrected chi connectivity index (χ1v) is 5.79. The van der Waals surface area contributed by atoms with Crippen molar-refractivity contribution in [2.45, 2.75) is 6.10 Å². The lowest BCUT2D eigenvalue weighted by Crippen LogP contribution is -2.09. The summed E-state index contributed by atoms with van der Waals surface area (Å²) in [4.78, 5) is 1.97. The van der Waals surface area contributed by atoms with Gasteiger partial charge < -0.3 is 10.0 Å². The van der Waals surface area contributed by atoms with Crippen molar-refractivity contribution in [3.05, 3.63) is 65.5 Å². The predicted molar refractivity (Wildman–Crippen MR) is 71.2 cm³/mol. The lowest BCUT2D eigenvalue weighted by molar-refractivity contribution is 0.215. The number of aliphatic hydroxyl groups excluding tert-OH is 1. The van der Waals surface area contributed by atoms with Gasteiger partial charge in [-0.3, -0.25) is 0 Å². The molecule has 2 aromatic carbocycles. The van der Waals surface area contributed by atoms with Crippen molar-refractivity contribution >= 4 is 5.69 Å². The van der Waals surface area contributed by atoms with Crippen LogP contribution in [0, 0.1) is 5.82 Å². The van der Waals surface area contributed by atoms with E-state index < -0.39 is 6.10 Å². The van der Waals surface area contributed by atoms with Crippen molar-refractivity contribution in [2.24, 2.45) is 0 Å². The van der Waals surface area contributed by atoms with E-state index in [0.29, 0.717) is 11.1 Å². The summed E-state index contributed by atoms with van der Waals surface area (Å²) in [7, 11) is 3.89. The summed E-state index contributed by atoms with van der Waals surface area (Å²) in [5, 5.41) is 10.1. The van der Waals surface area contributed by atoms with E-state index >= 15 is 0 Å². The zero-order chi connectivity index (χ0) is 13.1. The van der Waals surface area contributed by atoms with Gasteiger partial charge in [0.25, 0.3) is 0 Å². The molecule has 1 atom stereocenters. The summed E-state index contributed by atoms with van der Waals surface area (Å²) in [6.07, 6.45) is -0.928. The van der Waals surface area contributed by atoms with Crippen LogP contribution >= 0.6 is 0 Å². The van der Waals surface area contributed by atoms with Gasteiger partial charge in [0.05, 0.1) is 0 Å². The van der Waals surface area contributed by atoms with Crippen molar-refractivity contribution in [2.75, 3.05) is 19.0 Å². The maximum absolute atomic E-state index is 13.6. The molecule has 0 bridgehead atoms. The average Bonchev–Trinajstić information content (AvgIpc) is 2.38. The van der Waals surface area contributed by atoms with Crippen LogP contribution in [0.2, 0.25) is 0 Å².